The molecule has 0 aliphatic carbocycles. The lowest BCUT2D eigenvalue weighted by atomic mass is 10.0. The fourth-order valence-electron chi connectivity index (χ4n) is 7.50. The molecule has 0 atom stereocenters. The smallest absolute Gasteiger partial charge is 0.308 e. The predicted octanol–water partition coefficient (Wildman–Crippen LogP) is 15.2. The average molecular weight is 984 g/mol. The molecule has 0 radical (unpaired) electrons. The Morgan fingerprint density at radius 3 is 0.853 bits per heavy atom. The molecule has 0 aliphatic rings. The van der Waals surface area contributed by atoms with E-state index in [2.05, 4.69) is 57.2 Å². The molecule has 0 aliphatic heterocycles. The van der Waals surface area contributed by atoms with Crippen molar-refractivity contribution in [3.8, 4) is 0 Å². The predicted molar refractivity (Wildman–Crippen MR) is 283 cm³/mol. The zero-order chi connectivity index (χ0) is 49.9. The second-order valence-electron chi connectivity index (χ2n) is 19.2. The molecule has 0 bridgehead atoms. The minimum Gasteiger partial charge on any atom is -0.466 e. The molecule has 398 valence electrons. The van der Waals surface area contributed by atoms with Crippen LogP contribution >= 0.6 is 11.8 Å². The number of halogens is 1. The summed E-state index contributed by atoms with van der Waals surface area (Å²) in [6.45, 7) is 8.71. The summed E-state index contributed by atoms with van der Waals surface area (Å²) in [5.41, 5.74) is -0.915. The summed E-state index contributed by atoms with van der Waals surface area (Å²) < 4.78 is 34.6. The highest BCUT2D eigenvalue weighted by Gasteiger charge is 2.47. The number of hydrogen-bond acceptors (Lipinski definition) is 9. The van der Waals surface area contributed by atoms with Crippen LogP contribution in [-0.4, -0.2) is 101 Å². The number of allylic oxidation sites excluding steroid dienone is 6. The lowest BCUT2D eigenvalue weighted by Gasteiger charge is -2.41. The average Bonchev–Trinajstić information content (AvgIpc) is 3.31. The topological polar surface area (TPSA) is 107 Å². The van der Waals surface area contributed by atoms with Gasteiger partial charge in [0.2, 0.25) is 0 Å². The van der Waals surface area contributed by atoms with Crippen LogP contribution in [0.1, 0.15) is 233 Å². The molecule has 0 spiro atoms. The van der Waals surface area contributed by atoms with E-state index in [0.717, 1.165) is 77.0 Å². The zero-order valence-corrected chi connectivity index (χ0v) is 45.4. The number of esters is 3. The van der Waals surface area contributed by atoms with Crippen molar-refractivity contribution in [3.63, 3.8) is 0 Å². The van der Waals surface area contributed by atoms with E-state index in [1.54, 1.807) is 0 Å². The summed E-state index contributed by atoms with van der Waals surface area (Å²) in [5.74, 6) is -0.884. The first-order valence-electron chi connectivity index (χ1n) is 27.8. The van der Waals surface area contributed by atoms with Gasteiger partial charge in [0.1, 0.15) is 19.8 Å². The molecule has 0 heterocycles. The van der Waals surface area contributed by atoms with Gasteiger partial charge in [-0.05, 0) is 77.0 Å². The first-order valence-corrected chi connectivity index (χ1v) is 28.1. The summed E-state index contributed by atoms with van der Waals surface area (Å²) in [4.78, 5) is 37.7. The second kappa shape index (κ2) is 49.7. The molecule has 0 aromatic rings. The number of carbonyl (C=O) groups excluding carboxylic acids is 3. The fraction of sp³-hybridized carbons (Fsp3) is 0.842. The molecular formula is C57H105ClNO9+. The molecule has 10 nitrogen and oxygen atoms in total. The van der Waals surface area contributed by atoms with Gasteiger partial charge in [0, 0.05) is 0 Å². The van der Waals surface area contributed by atoms with E-state index in [4.69, 9.17) is 40.2 Å². The molecule has 0 rings (SSSR count). The summed E-state index contributed by atoms with van der Waals surface area (Å²) in [5, 5.41) is 0. The van der Waals surface area contributed by atoms with Crippen molar-refractivity contribution in [3.05, 3.63) is 36.5 Å². The largest absolute Gasteiger partial charge is 0.466 e. The van der Waals surface area contributed by atoms with E-state index in [9.17, 15) is 14.4 Å². The maximum Gasteiger partial charge on any atom is 0.308 e. The first-order chi connectivity index (χ1) is 33.1. The quantitative estimate of drug-likeness (QED) is 0.0194. The summed E-state index contributed by atoms with van der Waals surface area (Å²) >= 11 is 7.00. The Bertz CT molecular complexity index is 1100. The van der Waals surface area contributed by atoms with Crippen LogP contribution in [-0.2, 0) is 42.8 Å². The first kappa shape index (κ1) is 65.8. The van der Waals surface area contributed by atoms with Gasteiger partial charge in [-0.2, -0.15) is 0 Å². The van der Waals surface area contributed by atoms with E-state index < -0.39 is 5.54 Å². The SMILES string of the molecule is CCCC/C=C\CCCCCCCCOC(=O)CCOCC(COCCC(=O)OCCCCCCCC/C=C\CCCC)(COCCC(=O)OCCCCCCCC/C=C\CCCC)[N+](C)(C)Cl. The van der Waals surface area contributed by atoms with Gasteiger partial charge in [-0.1, -0.05) is 173 Å². The van der Waals surface area contributed by atoms with Gasteiger partial charge in [-0.15, -0.1) is 0 Å². The van der Waals surface area contributed by atoms with Crippen LogP contribution in [0, 0.1) is 0 Å². The van der Waals surface area contributed by atoms with E-state index in [-0.39, 0.29) is 80.8 Å². The highest BCUT2D eigenvalue weighted by Crippen LogP contribution is 2.27. The van der Waals surface area contributed by atoms with Crippen molar-refractivity contribution in [1.82, 2.24) is 0 Å². The Balaban J connectivity index is 4.77. The Morgan fingerprint density at radius 1 is 0.368 bits per heavy atom. The van der Waals surface area contributed by atoms with E-state index >= 15 is 0 Å². The van der Waals surface area contributed by atoms with Gasteiger partial charge in [0.05, 0.1) is 73.0 Å². The van der Waals surface area contributed by atoms with Crippen molar-refractivity contribution < 1.29 is 46.8 Å². The van der Waals surface area contributed by atoms with Crippen molar-refractivity contribution in [2.24, 2.45) is 0 Å². The van der Waals surface area contributed by atoms with Crippen LogP contribution < -0.4 is 0 Å². The lowest BCUT2D eigenvalue weighted by Crippen LogP contribution is -2.62. The maximum absolute atomic E-state index is 12.6. The van der Waals surface area contributed by atoms with Crippen LogP contribution in [0.15, 0.2) is 36.5 Å². The lowest BCUT2D eigenvalue weighted by molar-refractivity contribution is -0.836. The monoisotopic (exact) mass is 983 g/mol. The molecule has 0 aromatic heterocycles. The van der Waals surface area contributed by atoms with Crippen LogP contribution in [0.3, 0.4) is 0 Å². The molecular weight excluding hydrogens is 878 g/mol. The molecule has 0 fully saturated rings. The number of nitrogens with zero attached hydrogens (tertiary/aromatic N) is 1. The standard InChI is InChI=1S/C57H105ClNO9/c1-6-9-12-15-18-21-24-27-30-33-36-39-45-66-54(60)42-48-63-51-57(59(4,5)58,52-64-49-43-55(61)67-46-40-37-34-31-28-25-22-19-16-13-10-7-2)53-65-50-44-56(62)68-47-41-38-35-32-29-26-23-20-17-14-11-8-3/h15-20H,6-14,21-53H2,1-5H3/q+1/b18-15-,19-16-,20-17-. The van der Waals surface area contributed by atoms with Crippen LogP contribution in [0.25, 0.3) is 0 Å². The molecule has 0 N–H and O–H groups in total. The van der Waals surface area contributed by atoms with Gasteiger partial charge < -0.3 is 28.4 Å². The van der Waals surface area contributed by atoms with Gasteiger partial charge in [0.15, 0.2) is 17.3 Å². The van der Waals surface area contributed by atoms with Crippen LogP contribution in [0.4, 0.5) is 0 Å². The number of rotatable bonds is 52. The third kappa shape index (κ3) is 43.8. The number of carbonyl (C=O) groups is 3. The number of hydrogen-bond donors (Lipinski definition) is 0. The normalized spacial score (nSPS) is 12.3. The Kier molecular flexibility index (Phi) is 48.1. The summed E-state index contributed by atoms with van der Waals surface area (Å²) in [6.07, 6.45) is 49.0. The van der Waals surface area contributed by atoms with Gasteiger partial charge in [0.25, 0.3) is 0 Å². The number of unbranched alkanes of at least 4 members (excludes halogenated alkanes) is 24. The molecule has 0 unspecified atom stereocenters. The van der Waals surface area contributed by atoms with Crippen LogP contribution in [0.5, 0.6) is 0 Å². The summed E-state index contributed by atoms with van der Waals surface area (Å²) in [6, 6.07) is 0. The number of likely N-dealkylation sites (N-methyl/N-ethyl adjacent to an activating group) is 1. The van der Waals surface area contributed by atoms with E-state index in [0.29, 0.717) is 19.8 Å². The molecule has 0 amide bonds. The van der Waals surface area contributed by atoms with Crippen molar-refractivity contribution in [2.45, 2.75) is 238 Å². The third-order valence-corrected chi connectivity index (χ3v) is 12.7. The van der Waals surface area contributed by atoms with Gasteiger partial charge >= 0.3 is 17.9 Å². The minimum absolute atomic E-state index is 0.0900. The fourth-order valence-corrected chi connectivity index (χ4v) is 7.65. The van der Waals surface area contributed by atoms with E-state index in [1.165, 1.54) is 116 Å². The number of ether oxygens (including phenoxy) is 6. The Hall–Kier alpha value is -2.24. The maximum atomic E-state index is 12.6. The molecule has 68 heavy (non-hydrogen) atoms. The molecule has 0 aromatic carbocycles. The Labute approximate surface area is 423 Å². The molecule has 0 saturated carbocycles. The molecule has 11 heteroatoms. The van der Waals surface area contributed by atoms with Crippen molar-refractivity contribution >= 4 is 29.7 Å². The zero-order valence-electron chi connectivity index (χ0n) is 44.7. The third-order valence-electron chi connectivity index (χ3n) is 12.3. The van der Waals surface area contributed by atoms with E-state index in [1.807, 2.05) is 14.1 Å². The van der Waals surface area contributed by atoms with Crippen molar-refractivity contribution in [2.75, 3.05) is 73.6 Å². The van der Waals surface area contributed by atoms with Gasteiger partial charge in [-0.25, -0.2) is 4.00 Å². The minimum atomic E-state index is -0.915. The highest BCUT2D eigenvalue weighted by molar-refractivity contribution is 6.06. The molecule has 0 saturated heterocycles. The van der Waals surface area contributed by atoms with Gasteiger partial charge in [-0.3, -0.25) is 14.4 Å². The Morgan fingerprint density at radius 2 is 0.603 bits per heavy atom. The van der Waals surface area contributed by atoms with Crippen molar-refractivity contribution in [1.29, 1.82) is 0 Å². The second-order valence-corrected chi connectivity index (χ2v) is 20.0. The number of quaternary nitrogens is 1. The van der Waals surface area contributed by atoms with Crippen LogP contribution in [0.2, 0.25) is 0 Å². The summed E-state index contributed by atoms with van der Waals surface area (Å²) in [7, 11) is 3.63. The highest BCUT2D eigenvalue weighted by atomic mass is 35.5.